The van der Waals surface area contributed by atoms with E-state index in [0.717, 1.165) is 25.7 Å². The number of carbonyl (C=O) groups excluding carboxylic acids is 1. The number of morpholine rings is 1. The number of benzene rings is 1. The smallest absolute Gasteiger partial charge is 0.266 e. The number of hydrogen-bond acceptors (Lipinski definition) is 8. The zero-order valence-electron chi connectivity index (χ0n) is 22.1. The molecule has 2 aromatic rings. The van der Waals surface area contributed by atoms with Crippen molar-refractivity contribution >= 4 is 11.7 Å². The number of nitrogens with one attached hydrogen (secondary N) is 2. The number of carbonyl (C=O) groups is 1. The zero-order chi connectivity index (χ0) is 27.9. The lowest BCUT2D eigenvalue weighted by Gasteiger charge is -2.26. The second-order valence-corrected chi connectivity index (χ2v) is 9.50. The van der Waals surface area contributed by atoms with E-state index in [1.165, 1.54) is 12.1 Å². The normalized spacial score (nSPS) is 17.4. The Kier molecular flexibility index (Phi) is 9.89. The SMILES string of the molecule is C=C(CCN1CCOCC1)NC(=O)Cc1nc(C)nc(N[C@H](C)c2cccc(C(F)F)c2F)c1C1OCCO1. The summed E-state index contributed by atoms with van der Waals surface area (Å²) in [7, 11) is 0. The Morgan fingerprint density at radius 1 is 1.15 bits per heavy atom. The lowest BCUT2D eigenvalue weighted by Crippen LogP contribution is -2.37. The van der Waals surface area contributed by atoms with E-state index in [2.05, 4.69) is 32.1 Å². The fraction of sp³-hybridized carbons (Fsp3) is 0.519. The molecule has 0 radical (unpaired) electrons. The fourth-order valence-corrected chi connectivity index (χ4v) is 4.58. The first-order valence-electron chi connectivity index (χ1n) is 12.9. The number of alkyl halides is 2. The molecule has 1 atom stereocenters. The molecular formula is C27H34F3N5O4. The molecule has 0 saturated carbocycles. The van der Waals surface area contributed by atoms with E-state index >= 15 is 0 Å². The average molecular weight is 550 g/mol. The Morgan fingerprint density at radius 2 is 1.85 bits per heavy atom. The predicted octanol–water partition coefficient (Wildman–Crippen LogP) is 3.97. The largest absolute Gasteiger partial charge is 0.379 e. The number of anilines is 1. The summed E-state index contributed by atoms with van der Waals surface area (Å²) in [4.78, 5) is 24.2. The van der Waals surface area contributed by atoms with Crippen LogP contribution in [0.3, 0.4) is 0 Å². The predicted molar refractivity (Wildman–Crippen MR) is 138 cm³/mol. The van der Waals surface area contributed by atoms with Gasteiger partial charge >= 0.3 is 0 Å². The van der Waals surface area contributed by atoms with E-state index < -0.39 is 30.1 Å². The van der Waals surface area contributed by atoms with Gasteiger partial charge in [0, 0.05) is 30.9 Å². The summed E-state index contributed by atoms with van der Waals surface area (Å²) >= 11 is 0. The van der Waals surface area contributed by atoms with Crippen molar-refractivity contribution in [2.75, 3.05) is 51.4 Å². The van der Waals surface area contributed by atoms with Gasteiger partial charge in [-0.05, 0) is 20.3 Å². The van der Waals surface area contributed by atoms with Crippen LogP contribution in [0.4, 0.5) is 19.0 Å². The summed E-state index contributed by atoms with van der Waals surface area (Å²) in [6.07, 6.45) is -3.28. The lowest BCUT2D eigenvalue weighted by molar-refractivity contribution is -0.119. The molecule has 39 heavy (non-hydrogen) atoms. The monoisotopic (exact) mass is 549 g/mol. The van der Waals surface area contributed by atoms with Crippen molar-refractivity contribution in [1.29, 1.82) is 0 Å². The second kappa shape index (κ2) is 13.3. The molecule has 2 fully saturated rings. The molecule has 1 amide bonds. The van der Waals surface area contributed by atoms with Crippen LogP contribution in [0, 0.1) is 12.7 Å². The number of aromatic nitrogens is 2. The van der Waals surface area contributed by atoms with Gasteiger partial charge in [-0.1, -0.05) is 24.8 Å². The van der Waals surface area contributed by atoms with E-state index in [9.17, 15) is 18.0 Å². The third-order valence-electron chi connectivity index (χ3n) is 6.58. The number of nitrogens with zero attached hydrogens (tertiary/aromatic N) is 3. The summed E-state index contributed by atoms with van der Waals surface area (Å²) in [6, 6.07) is 3.14. The molecular weight excluding hydrogens is 515 g/mol. The number of rotatable bonds is 11. The van der Waals surface area contributed by atoms with E-state index in [-0.39, 0.29) is 23.7 Å². The molecule has 1 aromatic carbocycles. The van der Waals surface area contributed by atoms with Crippen LogP contribution < -0.4 is 10.6 Å². The van der Waals surface area contributed by atoms with Gasteiger partial charge in [0.25, 0.3) is 6.43 Å². The Morgan fingerprint density at radius 3 is 2.54 bits per heavy atom. The molecule has 0 unspecified atom stereocenters. The molecule has 2 N–H and O–H groups in total. The third kappa shape index (κ3) is 7.53. The summed E-state index contributed by atoms with van der Waals surface area (Å²) < 4.78 is 58.1. The molecule has 2 aliphatic rings. The first-order valence-corrected chi connectivity index (χ1v) is 12.9. The van der Waals surface area contributed by atoms with Gasteiger partial charge in [0.1, 0.15) is 17.5 Å². The van der Waals surface area contributed by atoms with Gasteiger partial charge in [-0.25, -0.2) is 23.1 Å². The number of ether oxygens (including phenoxy) is 3. The number of amides is 1. The molecule has 2 aliphatic heterocycles. The van der Waals surface area contributed by atoms with Gasteiger partial charge in [-0.15, -0.1) is 0 Å². The van der Waals surface area contributed by atoms with Gasteiger partial charge in [-0.2, -0.15) is 0 Å². The molecule has 0 aliphatic carbocycles. The molecule has 212 valence electrons. The van der Waals surface area contributed by atoms with Crippen molar-refractivity contribution in [2.45, 2.75) is 45.4 Å². The third-order valence-corrected chi connectivity index (χ3v) is 6.58. The number of aryl methyl sites for hydroxylation is 1. The van der Waals surface area contributed by atoms with Crippen molar-refractivity contribution in [1.82, 2.24) is 20.2 Å². The first kappa shape index (κ1) is 28.9. The van der Waals surface area contributed by atoms with Crippen LogP contribution in [0.1, 0.15) is 60.3 Å². The summed E-state index contributed by atoms with van der Waals surface area (Å²) in [6.45, 7) is 11.8. The van der Waals surface area contributed by atoms with E-state index in [1.807, 2.05) is 0 Å². The van der Waals surface area contributed by atoms with Gasteiger partial charge in [0.05, 0.1) is 55.7 Å². The number of hydrogen-bond donors (Lipinski definition) is 2. The van der Waals surface area contributed by atoms with Crippen LogP contribution >= 0.6 is 0 Å². The van der Waals surface area contributed by atoms with Crippen molar-refractivity contribution in [3.05, 3.63) is 64.5 Å². The molecule has 0 bridgehead atoms. The second-order valence-electron chi connectivity index (χ2n) is 9.50. The summed E-state index contributed by atoms with van der Waals surface area (Å²) in [5.41, 5.74) is 0.760. The summed E-state index contributed by atoms with van der Waals surface area (Å²) in [5.74, 6) is -0.655. The maximum atomic E-state index is 14.8. The Labute approximate surface area is 225 Å². The van der Waals surface area contributed by atoms with Gasteiger partial charge < -0.3 is 24.8 Å². The van der Waals surface area contributed by atoms with Crippen LogP contribution in [-0.2, 0) is 25.4 Å². The molecule has 3 heterocycles. The molecule has 9 nitrogen and oxygen atoms in total. The van der Waals surface area contributed by atoms with E-state index in [4.69, 9.17) is 14.2 Å². The van der Waals surface area contributed by atoms with Crippen LogP contribution in [0.15, 0.2) is 30.5 Å². The van der Waals surface area contributed by atoms with Gasteiger partial charge in [-0.3, -0.25) is 9.69 Å². The molecule has 4 rings (SSSR count). The van der Waals surface area contributed by atoms with Crippen molar-refractivity contribution in [3.8, 4) is 0 Å². The minimum atomic E-state index is -2.94. The minimum Gasteiger partial charge on any atom is -0.379 e. The van der Waals surface area contributed by atoms with Crippen LogP contribution in [0.5, 0.6) is 0 Å². The highest BCUT2D eigenvalue weighted by Gasteiger charge is 2.29. The van der Waals surface area contributed by atoms with E-state index in [1.54, 1.807) is 13.8 Å². The molecule has 1 aromatic heterocycles. The number of halogens is 3. The zero-order valence-corrected chi connectivity index (χ0v) is 22.1. The minimum absolute atomic E-state index is 0.0548. The Hall–Kier alpha value is -3.06. The quantitative estimate of drug-likeness (QED) is 0.435. The molecule has 12 heteroatoms. The van der Waals surface area contributed by atoms with Gasteiger partial charge in [0.15, 0.2) is 6.29 Å². The first-order chi connectivity index (χ1) is 18.7. The van der Waals surface area contributed by atoms with Crippen molar-refractivity contribution < 1.29 is 32.2 Å². The Bertz CT molecular complexity index is 1170. The topological polar surface area (TPSA) is 97.8 Å². The van der Waals surface area contributed by atoms with Crippen LogP contribution in [-0.4, -0.2) is 66.8 Å². The van der Waals surface area contributed by atoms with E-state index in [0.29, 0.717) is 55.6 Å². The van der Waals surface area contributed by atoms with Gasteiger partial charge in [0.2, 0.25) is 5.91 Å². The average Bonchev–Trinajstić information content (AvgIpc) is 3.42. The fourth-order valence-electron chi connectivity index (χ4n) is 4.58. The highest BCUT2D eigenvalue weighted by atomic mass is 19.3. The summed E-state index contributed by atoms with van der Waals surface area (Å²) in [5, 5.41) is 5.94. The Balaban J connectivity index is 1.51. The molecule has 2 saturated heterocycles. The maximum Gasteiger partial charge on any atom is 0.266 e. The standard InChI is InChI=1S/C27H34F3N5O4/c1-16(7-8-35-9-11-37-12-10-35)31-22(36)15-21-23(27-38-13-14-39-27)26(34-18(3)33-21)32-17(2)19-5-4-6-20(24(19)28)25(29)30/h4-6,17,25,27H,1,7-15H2,2-3H3,(H,31,36)(H,32,33,34)/t17-/m1/s1. The highest BCUT2D eigenvalue weighted by Crippen LogP contribution is 2.34. The molecule has 0 spiro atoms. The van der Waals surface area contributed by atoms with Crippen LogP contribution in [0.2, 0.25) is 0 Å². The maximum absolute atomic E-state index is 14.8. The lowest BCUT2D eigenvalue weighted by atomic mass is 10.0. The highest BCUT2D eigenvalue weighted by molar-refractivity contribution is 5.80. The van der Waals surface area contributed by atoms with Crippen molar-refractivity contribution in [3.63, 3.8) is 0 Å². The van der Waals surface area contributed by atoms with Crippen LogP contribution in [0.25, 0.3) is 0 Å². The van der Waals surface area contributed by atoms with Crippen molar-refractivity contribution in [2.24, 2.45) is 0 Å².